The van der Waals surface area contributed by atoms with Gasteiger partial charge in [0.15, 0.2) is 5.82 Å². The molecular formula is C16H23N7O2. The van der Waals surface area contributed by atoms with Crippen molar-refractivity contribution in [2.75, 3.05) is 37.4 Å². The number of hydrogen-bond donors (Lipinski definition) is 1. The molecule has 2 amide bonds. The molecule has 0 aliphatic carbocycles. The second kappa shape index (κ2) is 7.45. The highest BCUT2D eigenvalue weighted by molar-refractivity contribution is 5.87. The molecular weight excluding hydrogens is 322 g/mol. The first-order chi connectivity index (χ1) is 12.0. The molecule has 3 heterocycles. The smallest absolute Gasteiger partial charge is 0.324 e. The van der Waals surface area contributed by atoms with E-state index in [0.717, 1.165) is 25.2 Å². The number of urea groups is 1. The van der Waals surface area contributed by atoms with Crippen LogP contribution in [0.3, 0.4) is 0 Å². The van der Waals surface area contributed by atoms with Gasteiger partial charge in [-0.3, -0.25) is 5.32 Å². The van der Waals surface area contributed by atoms with E-state index in [4.69, 9.17) is 4.52 Å². The first-order valence-corrected chi connectivity index (χ1v) is 8.37. The highest BCUT2D eigenvalue weighted by atomic mass is 16.5. The second-order valence-electron chi connectivity index (χ2n) is 6.45. The van der Waals surface area contributed by atoms with Crippen molar-refractivity contribution in [1.29, 1.82) is 0 Å². The number of carbonyl (C=O) groups is 1. The van der Waals surface area contributed by atoms with Gasteiger partial charge in [-0.2, -0.15) is 9.97 Å². The Bertz CT molecular complexity index is 731. The van der Waals surface area contributed by atoms with Gasteiger partial charge in [-0.1, -0.05) is 5.16 Å². The molecule has 1 aliphatic rings. The fourth-order valence-electron chi connectivity index (χ4n) is 2.93. The van der Waals surface area contributed by atoms with E-state index >= 15 is 0 Å². The zero-order valence-corrected chi connectivity index (χ0v) is 14.8. The van der Waals surface area contributed by atoms with Gasteiger partial charge in [0.25, 0.3) is 0 Å². The quantitative estimate of drug-likeness (QED) is 0.900. The number of aryl methyl sites for hydroxylation is 1. The van der Waals surface area contributed by atoms with E-state index in [9.17, 15) is 4.79 Å². The molecule has 134 valence electrons. The number of amides is 2. The van der Waals surface area contributed by atoms with E-state index in [2.05, 4.69) is 25.4 Å². The Morgan fingerprint density at radius 2 is 2.28 bits per heavy atom. The van der Waals surface area contributed by atoms with Crippen LogP contribution in [0.5, 0.6) is 0 Å². The Labute approximate surface area is 146 Å². The Kier molecular flexibility index (Phi) is 5.11. The molecule has 1 saturated heterocycles. The van der Waals surface area contributed by atoms with Crippen LogP contribution in [0.4, 0.5) is 16.6 Å². The van der Waals surface area contributed by atoms with E-state index in [1.54, 1.807) is 24.1 Å². The minimum atomic E-state index is -0.176. The van der Waals surface area contributed by atoms with Crippen molar-refractivity contribution in [2.45, 2.75) is 26.2 Å². The maximum atomic E-state index is 12.5. The maximum Gasteiger partial charge on any atom is 0.324 e. The summed E-state index contributed by atoms with van der Waals surface area (Å²) in [6.45, 7) is 3.16. The summed E-state index contributed by atoms with van der Waals surface area (Å²) < 4.78 is 5.02. The summed E-state index contributed by atoms with van der Waals surface area (Å²) >= 11 is 0. The minimum Gasteiger partial charge on any atom is -0.363 e. The Morgan fingerprint density at radius 1 is 1.44 bits per heavy atom. The molecule has 2 aromatic rings. The van der Waals surface area contributed by atoms with Crippen molar-refractivity contribution in [3.8, 4) is 0 Å². The largest absolute Gasteiger partial charge is 0.363 e. The van der Waals surface area contributed by atoms with Crippen molar-refractivity contribution in [3.05, 3.63) is 24.0 Å². The Balaban J connectivity index is 1.59. The van der Waals surface area contributed by atoms with Crippen LogP contribution in [-0.4, -0.2) is 58.2 Å². The highest BCUT2D eigenvalue weighted by Gasteiger charge is 2.25. The molecule has 0 bridgehead atoms. The molecule has 0 spiro atoms. The summed E-state index contributed by atoms with van der Waals surface area (Å²) in [6.07, 6.45) is 4.35. The van der Waals surface area contributed by atoms with Gasteiger partial charge < -0.3 is 14.3 Å². The number of carbonyl (C=O) groups excluding carboxylic acids is 1. The van der Waals surface area contributed by atoms with Gasteiger partial charge in [0.2, 0.25) is 11.8 Å². The fourth-order valence-corrected chi connectivity index (χ4v) is 2.93. The van der Waals surface area contributed by atoms with Crippen LogP contribution in [0.25, 0.3) is 0 Å². The molecule has 1 fully saturated rings. The van der Waals surface area contributed by atoms with Gasteiger partial charge in [-0.15, -0.1) is 0 Å². The molecule has 1 unspecified atom stereocenters. The van der Waals surface area contributed by atoms with Crippen LogP contribution in [0.1, 0.15) is 24.6 Å². The van der Waals surface area contributed by atoms with Crippen molar-refractivity contribution in [3.63, 3.8) is 0 Å². The van der Waals surface area contributed by atoms with E-state index in [0.29, 0.717) is 36.5 Å². The lowest BCUT2D eigenvalue weighted by Crippen LogP contribution is -2.43. The van der Waals surface area contributed by atoms with Gasteiger partial charge in [0, 0.05) is 46.7 Å². The third kappa shape index (κ3) is 4.43. The van der Waals surface area contributed by atoms with Crippen molar-refractivity contribution in [1.82, 2.24) is 25.0 Å². The number of nitrogens with zero attached hydrogens (tertiary/aromatic N) is 6. The van der Waals surface area contributed by atoms with Crippen LogP contribution < -0.4 is 10.2 Å². The highest BCUT2D eigenvalue weighted by Crippen LogP contribution is 2.20. The molecule has 1 atom stereocenters. The Morgan fingerprint density at radius 3 is 3.00 bits per heavy atom. The average molecular weight is 345 g/mol. The zero-order valence-electron chi connectivity index (χ0n) is 14.8. The summed E-state index contributed by atoms with van der Waals surface area (Å²) in [7, 11) is 3.78. The molecule has 1 N–H and O–H groups in total. The van der Waals surface area contributed by atoms with Gasteiger partial charge in [0.1, 0.15) is 5.82 Å². The lowest BCUT2D eigenvalue weighted by Gasteiger charge is -2.32. The lowest BCUT2D eigenvalue weighted by molar-refractivity contribution is 0.176. The van der Waals surface area contributed by atoms with Crippen LogP contribution >= 0.6 is 0 Å². The SMILES string of the molecule is Cc1nc(CC2CCCN(C(=O)Nc3nccc(N(C)C)n3)C2)no1. The van der Waals surface area contributed by atoms with Gasteiger partial charge >= 0.3 is 6.03 Å². The average Bonchev–Trinajstić information content (AvgIpc) is 3.00. The van der Waals surface area contributed by atoms with E-state index < -0.39 is 0 Å². The predicted octanol–water partition coefficient (Wildman–Crippen LogP) is 1.72. The maximum absolute atomic E-state index is 12.5. The molecule has 0 saturated carbocycles. The molecule has 1 aliphatic heterocycles. The van der Waals surface area contributed by atoms with Gasteiger partial charge in [-0.25, -0.2) is 9.78 Å². The standard InChI is InChI=1S/C16H23N7O2/c1-11-18-13(21-25-11)9-12-5-4-8-23(10-12)16(24)20-15-17-7-6-14(19-15)22(2)3/h6-7,12H,4-5,8-10H2,1-3H3,(H,17,19,20,24). The monoisotopic (exact) mass is 345 g/mol. The number of aromatic nitrogens is 4. The van der Waals surface area contributed by atoms with Crippen molar-refractivity contribution in [2.24, 2.45) is 5.92 Å². The molecule has 9 nitrogen and oxygen atoms in total. The van der Waals surface area contributed by atoms with Crippen LogP contribution in [-0.2, 0) is 6.42 Å². The first-order valence-electron chi connectivity index (χ1n) is 8.37. The molecule has 9 heteroatoms. The summed E-state index contributed by atoms with van der Waals surface area (Å²) in [4.78, 5) is 28.9. The summed E-state index contributed by atoms with van der Waals surface area (Å²) in [6, 6.07) is 1.62. The topological polar surface area (TPSA) is 100 Å². The van der Waals surface area contributed by atoms with E-state index in [1.165, 1.54) is 0 Å². The summed E-state index contributed by atoms with van der Waals surface area (Å²) in [5.74, 6) is 2.65. The number of piperidine rings is 1. The number of hydrogen-bond acceptors (Lipinski definition) is 7. The van der Waals surface area contributed by atoms with Crippen LogP contribution in [0.15, 0.2) is 16.8 Å². The normalized spacial score (nSPS) is 17.4. The second-order valence-corrected chi connectivity index (χ2v) is 6.45. The fraction of sp³-hybridized carbons (Fsp3) is 0.562. The molecule has 25 heavy (non-hydrogen) atoms. The summed E-state index contributed by atoms with van der Waals surface area (Å²) in [5, 5.41) is 6.73. The van der Waals surface area contributed by atoms with Crippen molar-refractivity contribution >= 4 is 17.8 Å². The van der Waals surface area contributed by atoms with Crippen molar-refractivity contribution < 1.29 is 9.32 Å². The molecule has 0 radical (unpaired) electrons. The molecule has 3 rings (SSSR count). The third-order valence-electron chi connectivity index (χ3n) is 4.16. The number of nitrogens with one attached hydrogen (secondary N) is 1. The van der Waals surface area contributed by atoms with Gasteiger partial charge in [-0.05, 0) is 24.8 Å². The Hall–Kier alpha value is -2.71. The number of anilines is 2. The zero-order chi connectivity index (χ0) is 17.8. The lowest BCUT2D eigenvalue weighted by atomic mass is 9.95. The van der Waals surface area contributed by atoms with Crippen LogP contribution in [0, 0.1) is 12.8 Å². The predicted molar refractivity (Wildman–Crippen MR) is 92.4 cm³/mol. The summed E-state index contributed by atoms with van der Waals surface area (Å²) in [5.41, 5.74) is 0. The number of likely N-dealkylation sites (tertiary alicyclic amines) is 1. The van der Waals surface area contributed by atoms with E-state index in [1.807, 2.05) is 19.0 Å². The van der Waals surface area contributed by atoms with Gasteiger partial charge in [0.05, 0.1) is 0 Å². The molecule has 0 aromatic carbocycles. The third-order valence-corrected chi connectivity index (χ3v) is 4.16. The first kappa shape index (κ1) is 17.1. The minimum absolute atomic E-state index is 0.176. The van der Waals surface area contributed by atoms with E-state index in [-0.39, 0.29) is 6.03 Å². The molecule has 2 aromatic heterocycles. The van der Waals surface area contributed by atoms with Crippen LogP contribution in [0.2, 0.25) is 0 Å². The number of rotatable bonds is 4.